The molecule has 1 aromatic rings. The molecule has 39 heavy (non-hydrogen) atoms. The zero-order valence-corrected chi connectivity index (χ0v) is 23.7. The monoisotopic (exact) mass is 538 g/mol. The van der Waals surface area contributed by atoms with Gasteiger partial charge in [0.1, 0.15) is 23.6 Å². The molecule has 2 saturated carbocycles. The van der Waals surface area contributed by atoms with Crippen LogP contribution in [0.4, 0.5) is 0 Å². The quantitative estimate of drug-likeness (QED) is 0.577. The fourth-order valence-electron chi connectivity index (χ4n) is 8.27. The topological polar surface area (TPSA) is 116 Å². The number of ketones is 2. The Balaban J connectivity index is 1.82. The third kappa shape index (κ3) is 3.56. The molecule has 3 aliphatic carbocycles. The zero-order chi connectivity index (χ0) is 28.7. The Hall–Kier alpha value is -2.84. The molecule has 8 atom stereocenters. The van der Waals surface area contributed by atoms with Crippen LogP contribution in [0, 0.1) is 28.6 Å². The van der Waals surface area contributed by atoms with Crippen molar-refractivity contribution in [2.45, 2.75) is 84.7 Å². The summed E-state index contributed by atoms with van der Waals surface area (Å²) in [7, 11) is 0. The van der Waals surface area contributed by atoms with Crippen molar-refractivity contribution in [2.75, 3.05) is 6.61 Å². The number of benzene rings is 1. The summed E-state index contributed by atoms with van der Waals surface area (Å²) in [5, 5.41) is 12.8. The third-order valence-corrected chi connectivity index (χ3v) is 10.5. The summed E-state index contributed by atoms with van der Waals surface area (Å²) in [6, 6.07) is 8.39. The van der Waals surface area contributed by atoms with Gasteiger partial charge in [0.2, 0.25) is 0 Å². The van der Waals surface area contributed by atoms with E-state index in [2.05, 4.69) is 0 Å². The second-order valence-electron chi connectivity index (χ2n) is 12.7. The van der Waals surface area contributed by atoms with E-state index < -0.39 is 58.0 Å². The molecular formula is C31H38O8. The SMILES string of the molecule is CC(=O)O[C@@]12COC1C[C@H](C)[C@@]1(C)C(=O)[C@H](C)C3=C(C)C(=O)C[C@@](O)([C@@H](OC(=O)c4ccccc4)[C@@H]12)C3(C)C. The molecule has 210 valence electrons. The van der Waals surface area contributed by atoms with Crippen molar-refractivity contribution < 1.29 is 38.5 Å². The van der Waals surface area contributed by atoms with E-state index in [0.29, 0.717) is 17.6 Å². The smallest absolute Gasteiger partial charge is 0.338 e. The first-order valence-corrected chi connectivity index (χ1v) is 13.7. The first-order chi connectivity index (χ1) is 18.1. The van der Waals surface area contributed by atoms with Crippen LogP contribution in [0.1, 0.15) is 71.7 Å². The molecule has 8 nitrogen and oxygen atoms in total. The minimum Gasteiger partial charge on any atom is -0.455 e. The van der Waals surface area contributed by atoms with Gasteiger partial charge in [-0.2, -0.15) is 0 Å². The second kappa shape index (κ2) is 8.83. The maximum atomic E-state index is 14.7. The molecule has 0 aromatic heterocycles. The average Bonchev–Trinajstić information content (AvgIpc) is 2.87. The minimum absolute atomic E-state index is 0.00253. The van der Waals surface area contributed by atoms with Crippen molar-refractivity contribution in [3.8, 4) is 0 Å². The highest BCUT2D eigenvalue weighted by molar-refractivity contribution is 6.01. The number of esters is 2. The number of fused-ring (bicyclic) bond motifs is 5. The van der Waals surface area contributed by atoms with Crippen molar-refractivity contribution in [2.24, 2.45) is 28.6 Å². The Morgan fingerprint density at radius 1 is 1.08 bits per heavy atom. The van der Waals surface area contributed by atoms with Crippen LogP contribution in [0.2, 0.25) is 0 Å². The van der Waals surface area contributed by atoms with Gasteiger partial charge in [-0.1, -0.05) is 52.8 Å². The van der Waals surface area contributed by atoms with E-state index in [9.17, 15) is 24.3 Å². The van der Waals surface area contributed by atoms with Crippen LogP contribution in [0.3, 0.4) is 0 Å². The molecule has 0 spiro atoms. The van der Waals surface area contributed by atoms with Crippen LogP contribution in [0.25, 0.3) is 0 Å². The van der Waals surface area contributed by atoms with Gasteiger partial charge in [-0.3, -0.25) is 14.4 Å². The van der Waals surface area contributed by atoms with Crippen LogP contribution in [0.5, 0.6) is 0 Å². The van der Waals surface area contributed by atoms with Crippen molar-refractivity contribution in [3.05, 3.63) is 47.0 Å². The van der Waals surface area contributed by atoms with E-state index >= 15 is 0 Å². The van der Waals surface area contributed by atoms with E-state index in [4.69, 9.17) is 14.2 Å². The maximum Gasteiger partial charge on any atom is 0.338 e. The van der Waals surface area contributed by atoms with Gasteiger partial charge in [0.15, 0.2) is 11.4 Å². The standard InChI is InChI=1S/C31H38O8/c1-16-13-22-30(15-37-22,39-19(4)32)24-26(38-27(35)20-11-9-8-10-12-20)31(36)14-21(33)17(2)23(28(31,5)6)18(3)25(34)29(16,24)7/h8-12,16,18,22,24,26,36H,13-15H2,1-7H3/t16-,18+,22?,24-,26-,29+,30-,31+/m0/s1. The van der Waals surface area contributed by atoms with Crippen molar-refractivity contribution in [1.29, 1.82) is 0 Å². The van der Waals surface area contributed by atoms with Crippen LogP contribution in [0.15, 0.2) is 41.5 Å². The number of hydrogen-bond acceptors (Lipinski definition) is 8. The lowest BCUT2D eigenvalue weighted by Crippen LogP contribution is -2.80. The molecule has 0 amide bonds. The first kappa shape index (κ1) is 27.7. The molecule has 1 unspecified atom stereocenters. The largest absolute Gasteiger partial charge is 0.455 e. The van der Waals surface area contributed by atoms with E-state index in [1.165, 1.54) is 6.92 Å². The van der Waals surface area contributed by atoms with Gasteiger partial charge in [-0.05, 0) is 42.5 Å². The van der Waals surface area contributed by atoms with E-state index in [1.54, 1.807) is 58.0 Å². The highest BCUT2D eigenvalue weighted by atomic mass is 16.6. The van der Waals surface area contributed by atoms with Gasteiger partial charge in [-0.15, -0.1) is 0 Å². The first-order valence-electron chi connectivity index (χ1n) is 13.7. The van der Waals surface area contributed by atoms with Gasteiger partial charge in [0.05, 0.1) is 18.1 Å². The third-order valence-electron chi connectivity index (χ3n) is 10.5. The van der Waals surface area contributed by atoms with Crippen molar-refractivity contribution >= 4 is 23.5 Å². The Kier molecular flexibility index (Phi) is 6.28. The fourth-order valence-corrected chi connectivity index (χ4v) is 8.27. The van der Waals surface area contributed by atoms with E-state index in [-0.39, 0.29) is 36.1 Å². The molecular weight excluding hydrogens is 500 g/mol. The van der Waals surface area contributed by atoms with Crippen LogP contribution in [-0.2, 0) is 28.6 Å². The predicted molar refractivity (Wildman–Crippen MR) is 140 cm³/mol. The Bertz CT molecular complexity index is 1280. The lowest BCUT2D eigenvalue weighted by molar-refractivity contribution is -0.338. The summed E-state index contributed by atoms with van der Waals surface area (Å²) >= 11 is 0. The second-order valence-corrected chi connectivity index (χ2v) is 12.7. The molecule has 8 heteroatoms. The Morgan fingerprint density at radius 3 is 2.28 bits per heavy atom. The normalized spacial score (nSPS) is 40.9. The summed E-state index contributed by atoms with van der Waals surface area (Å²) in [6.45, 7) is 12.2. The molecule has 1 aromatic carbocycles. The van der Waals surface area contributed by atoms with Gasteiger partial charge in [0, 0.05) is 30.1 Å². The summed E-state index contributed by atoms with van der Waals surface area (Å²) in [4.78, 5) is 54.3. The van der Waals surface area contributed by atoms with Crippen molar-refractivity contribution in [1.82, 2.24) is 0 Å². The summed E-state index contributed by atoms with van der Waals surface area (Å²) in [6.07, 6.45) is -1.75. The molecule has 4 aliphatic rings. The van der Waals surface area contributed by atoms with Gasteiger partial charge in [-0.25, -0.2) is 4.79 Å². The molecule has 1 heterocycles. The van der Waals surface area contributed by atoms with E-state index in [1.807, 2.05) is 13.8 Å². The number of aliphatic hydroxyl groups is 1. The molecule has 1 aliphatic heterocycles. The Labute approximate surface area is 229 Å². The highest BCUT2D eigenvalue weighted by Crippen LogP contribution is 2.65. The lowest BCUT2D eigenvalue weighted by Gasteiger charge is -2.67. The minimum atomic E-state index is -1.89. The zero-order valence-electron chi connectivity index (χ0n) is 23.7. The molecule has 1 N–H and O–H groups in total. The van der Waals surface area contributed by atoms with Crippen LogP contribution < -0.4 is 0 Å². The molecule has 5 rings (SSSR count). The molecule has 0 radical (unpaired) electrons. The summed E-state index contributed by atoms with van der Waals surface area (Å²) < 4.78 is 18.2. The predicted octanol–water partition coefficient (Wildman–Crippen LogP) is 3.84. The fraction of sp³-hybridized carbons (Fsp3) is 0.613. The Morgan fingerprint density at radius 2 is 1.72 bits per heavy atom. The number of hydrogen-bond donors (Lipinski definition) is 1. The van der Waals surface area contributed by atoms with E-state index in [0.717, 1.165) is 0 Å². The lowest BCUT2D eigenvalue weighted by atomic mass is 9.42. The number of rotatable bonds is 3. The average molecular weight is 539 g/mol. The molecule has 3 fully saturated rings. The van der Waals surface area contributed by atoms with Gasteiger partial charge in [0.25, 0.3) is 0 Å². The number of carbonyl (C=O) groups is 4. The van der Waals surface area contributed by atoms with Crippen LogP contribution in [-0.4, -0.2) is 58.6 Å². The number of allylic oxidation sites excluding steroid dienone is 1. The van der Waals surface area contributed by atoms with Gasteiger partial charge < -0.3 is 19.3 Å². The van der Waals surface area contributed by atoms with Gasteiger partial charge >= 0.3 is 11.9 Å². The van der Waals surface area contributed by atoms with Crippen molar-refractivity contribution in [3.63, 3.8) is 0 Å². The number of carbonyl (C=O) groups excluding carboxylic acids is 4. The molecule has 1 saturated heterocycles. The number of Topliss-reactive ketones (excluding diaryl/α,β-unsaturated/α-hetero) is 2. The maximum absolute atomic E-state index is 14.7. The summed E-state index contributed by atoms with van der Waals surface area (Å²) in [5.74, 6) is -3.59. The highest BCUT2D eigenvalue weighted by Gasteiger charge is 2.76. The van der Waals surface area contributed by atoms with Crippen LogP contribution >= 0.6 is 0 Å². The number of ether oxygens (including phenoxy) is 3. The summed E-state index contributed by atoms with van der Waals surface area (Å²) in [5.41, 5.74) is -4.21. The molecule has 2 bridgehead atoms.